The van der Waals surface area contributed by atoms with E-state index in [1.165, 1.54) is 0 Å². The monoisotopic (exact) mass is 263 g/mol. The summed E-state index contributed by atoms with van der Waals surface area (Å²) in [5, 5.41) is 12.1. The van der Waals surface area contributed by atoms with Crippen LogP contribution in [0.5, 0.6) is 0 Å². The molecule has 0 aliphatic rings. The van der Waals surface area contributed by atoms with Gasteiger partial charge in [0.1, 0.15) is 0 Å². The lowest BCUT2D eigenvalue weighted by molar-refractivity contribution is 0.0914. The van der Waals surface area contributed by atoms with Crippen molar-refractivity contribution in [2.75, 3.05) is 6.61 Å². The van der Waals surface area contributed by atoms with Crippen molar-refractivity contribution in [2.45, 2.75) is 46.1 Å². The lowest BCUT2D eigenvalue weighted by Crippen LogP contribution is -2.39. The smallest absolute Gasteiger partial charge is 0.251 e. The largest absolute Gasteiger partial charge is 0.396 e. The van der Waals surface area contributed by atoms with Gasteiger partial charge in [-0.3, -0.25) is 4.79 Å². The molecule has 0 bridgehead atoms. The lowest BCUT2D eigenvalue weighted by Gasteiger charge is -2.24. The first-order valence-electron chi connectivity index (χ1n) is 6.78. The standard InChI is InChI=1S/C16H25NO2/c1-11(10-18)12(2)17-15(19)13-8-6-7-9-14(13)16(3,4)5/h6-9,11-12,18H,10H2,1-5H3,(H,17,19). The maximum Gasteiger partial charge on any atom is 0.251 e. The molecule has 1 amide bonds. The number of nitrogens with one attached hydrogen (secondary N) is 1. The van der Waals surface area contributed by atoms with E-state index >= 15 is 0 Å². The number of carbonyl (C=O) groups is 1. The van der Waals surface area contributed by atoms with Gasteiger partial charge in [0, 0.05) is 18.2 Å². The number of aliphatic hydroxyl groups excluding tert-OH is 1. The van der Waals surface area contributed by atoms with Crippen molar-refractivity contribution in [3.63, 3.8) is 0 Å². The first kappa shape index (κ1) is 15.7. The molecule has 0 fully saturated rings. The third kappa shape index (κ3) is 4.06. The van der Waals surface area contributed by atoms with Crippen molar-refractivity contribution in [3.05, 3.63) is 35.4 Å². The topological polar surface area (TPSA) is 49.3 Å². The molecule has 0 spiro atoms. The Morgan fingerprint density at radius 3 is 2.37 bits per heavy atom. The maximum absolute atomic E-state index is 12.4. The van der Waals surface area contributed by atoms with Crippen molar-refractivity contribution < 1.29 is 9.90 Å². The highest BCUT2D eigenvalue weighted by molar-refractivity contribution is 5.96. The Bertz CT molecular complexity index is 435. The van der Waals surface area contributed by atoms with E-state index in [0.717, 1.165) is 5.56 Å². The van der Waals surface area contributed by atoms with Crippen LogP contribution in [-0.4, -0.2) is 23.7 Å². The molecule has 0 aliphatic heterocycles. The van der Waals surface area contributed by atoms with Crippen LogP contribution in [0, 0.1) is 5.92 Å². The number of rotatable bonds is 4. The summed E-state index contributed by atoms with van der Waals surface area (Å²) in [6, 6.07) is 7.63. The minimum atomic E-state index is -0.0710. The fourth-order valence-electron chi connectivity index (χ4n) is 1.92. The van der Waals surface area contributed by atoms with Crippen molar-refractivity contribution in [3.8, 4) is 0 Å². The van der Waals surface area contributed by atoms with E-state index in [0.29, 0.717) is 5.56 Å². The van der Waals surface area contributed by atoms with Crippen LogP contribution in [-0.2, 0) is 5.41 Å². The van der Waals surface area contributed by atoms with Crippen LogP contribution < -0.4 is 5.32 Å². The normalized spacial score (nSPS) is 14.8. The van der Waals surface area contributed by atoms with Gasteiger partial charge in [0.15, 0.2) is 0 Å². The van der Waals surface area contributed by atoms with E-state index < -0.39 is 0 Å². The van der Waals surface area contributed by atoms with Gasteiger partial charge in [-0.2, -0.15) is 0 Å². The summed E-state index contributed by atoms with van der Waals surface area (Å²) in [4.78, 5) is 12.4. The molecular weight excluding hydrogens is 238 g/mol. The van der Waals surface area contributed by atoms with E-state index in [1.807, 2.05) is 38.1 Å². The first-order valence-corrected chi connectivity index (χ1v) is 6.78. The zero-order valence-corrected chi connectivity index (χ0v) is 12.5. The van der Waals surface area contributed by atoms with Crippen LogP contribution in [0.15, 0.2) is 24.3 Å². The van der Waals surface area contributed by atoms with Crippen LogP contribution in [0.25, 0.3) is 0 Å². The van der Waals surface area contributed by atoms with Crippen LogP contribution >= 0.6 is 0 Å². The molecule has 0 radical (unpaired) electrons. The summed E-state index contributed by atoms with van der Waals surface area (Å²) in [5.41, 5.74) is 1.68. The van der Waals surface area contributed by atoms with E-state index in [1.54, 1.807) is 0 Å². The molecule has 0 saturated heterocycles. The van der Waals surface area contributed by atoms with Crippen LogP contribution in [0.1, 0.15) is 50.5 Å². The zero-order valence-electron chi connectivity index (χ0n) is 12.5. The van der Waals surface area contributed by atoms with Gasteiger partial charge in [0.2, 0.25) is 0 Å². The zero-order chi connectivity index (χ0) is 14.6. The predicted octanol–water partition coefficient (Wildman–Crippen LogP) is 2.73. The summed E-state index contributed by atoms with van der Waals surface area (Å²) < 4.78 is 0. The molecule has 2 unspecified atom stereocenters. The Morgan fingerprint density at radius 2 is 1.84 bits per heavy atom. The van der Waals surface area contributed by atoms with Gasteiger partial charge in [-0.25, -0.2) is 0 Å². The molecule has 3 heteroatoms. The summed E-state index contributed by atoms with van der Waals surface area (Å²) in [5.74, 6) is -0.0240. The second-order valence-electron chi connectivity index (χ2n) is 6.22. The van der Waals surface area contributed by atoms with Gasteiger partial charge >= 0.3 is 0 Å². The Morgan fingerprint density at radius 1 is 1.26 bits per heavy atom. The van der Waals surface area contributed by atoms with Gasteiger partial charge in [-0.05, 0) is 29.9 Å². The average molecular weight is 263 g/mol. The minimum Gasteiger partial charge on any atom is -0.396 e. The number of aliphatic hydroxyl groups is 1. The molecule has 19 heavy (non-hydrogen) atoms. The quantitative estimate of drug-likeness (QED) is 0.877. The first-order chi connectivity index (χ1) is 8.77. The SMILES string of the molecule is CC(CO)C(C)NC(=O)c1ccccc1C(C)(C)C. The Labute approximate surface area is 116 Å². The van der Waals surface area contributed by atoms with Gasteiger partial charge in [-0.1, -0.05) is 45.9 Å². The van der Waals surface area contributed by atoms with Gasteiger partial charge in [0.25, 0.3) is 5.91 Å². The summed E-state index contributed by atoms with van der Waals surface area (Å²) in [6.45, 7) is 10.2. The highest BCUT2D eigenvalue weighted by Gasteiger charge is 2.22. The van der Waals surface area contributed by atoms with Gasteiger partial charge in [-0.15, -0.1) is 0 Å². The van der Waals surface area contributed by atoms with E-state index in [4.69, 9.17) is 5.11 Å². The van der Waals surface area contributed by atoms with E-state index in [9.17, 15) is 4.79 Å². The number of hydrogen-bond donors (Lipinski definition) is 2. The van der Waals surface area contributed by atoms with Gasteiger partial charge < -0.3 is 10.4 Å². The molecule has 3 nitrogen and oxygen atoms in total. The predicted molar refractivity (Wildman–Crippen MR) is 78.3 cm³/mol. The van der Waals surface area contributed by atoms with Gasteiger partial charge in [0.05, 0.1) is 0 Å². The van der Waals surface area contributed by atoms with Crippen LogP contribution in [0.4, 0.5) is 0 Å². The third-order valence-electron chi connectivity index (χ3n) is 3.48. The molecular formula is C16H25NO2. The molecule has 0 heterocycles. The van der Waals surface area contributed by atoms with E-state index in [2.05, 4.69) is 26.1 Å². The van der Waals surface area contributed by atoms with Crippen molar-refractivity contribution in [1.29, 1.82) is 0 Å². The van der Waals surface area contributed by atoms with Crippen LogP contribution in [0.2, 0.25) is 0 Å². The van der Waals surface area contributed by atoms with Crippen molar-refractivity contribution >= 4 is 5.91 Å². The Kier molecular flexibility index (Phi) is 5.12. The van der Waals surface area contributed by atoms with Crippen LogP contribution in [0.3, 0.4) is 0 Å². The highest BCUT2D eigenvalue weighted by Crippen LogP contribution is 2.25. The average Bonchev–Trinajstić information content (AvgIpc) is 2.36. The summed E-state index contributed by atoms with van der Waals surface area (Å²) in [7, 11) is 0. The fourth-order valence-corrected chi connectivity index (χ4v) is 1.92. The summed E-state index contributed by atoms with van der Waals surface area (Å²) >= 11 is 0. The molecule has 0 saturated carbocycles. The third-order valence-corrected chi connectivity index (χ3v) is 3.48. The molecule has 2 atom stereocenters. The number of carbonyl (C=O) groups excluding carboxylic acids is 1. The second-order valence-corrected chi connectivity index (χ2v) is 6.22. The molecule has 1 aromatic carbocycles. The second kappa shape index (κ2) is 6.20. The summed E-state index contributed by atoms with van der Waals surface area (Å²) in [6.07, 6.45) is 0. The highest BCUT2D eigenvalue weighted by atomic mass is 16.3. The van der Waals surface area contributed by atoms with E-state index in [-0.39, 0.29) is 29.9 Å². The molecule has 1 rings (SSSR count). The number of amides is 1. The number of hydrogen-bond acceptors (Lipinski definition) is 2. The molecule has 2 N–H and O–H groups in total. The molecule has 1 aromatic rings. The van der Waals surface area contributed by atoms with Crippen molar-refractivity contribution in [1.82, 2.24) is 5.32 Å². The number of benzene rings is 1. The maximum atomic E-state index is 12.4. The molecule has 0 aromatic heterocycles. The molecule has 106 valence electrons. The Balaban J connectivity index is 2.95. The molecule has 0 aliphatic carbocycles. The minimum absolute atomic E-state index is 0.0470. The van der Waals surface area contributed by atoms with Crippen molar-refractivity contribution in [2.24, 2.45) is 5.92 Å². The lowest BCUT2D eigenvalue weighted by atomic mass is 9.83. The Hall–Kier alpha value is -1.35. The fraction of sp³-hybridized carbons (Fsp3) is 0.562.